The van der Waals surface area contributed by atoms with E-state index in [2.05, 4.69) is 10.3 Å². The molecule has 2 aliphatic heterocycles. The minimum Gasteiger partial charge on any atom is -0.347 e. The van der Waals surface area contributed by atoms with Crippen molar-refractivity contribution in [2.24, 2.45) is 0 Å². The lowest BCUT2D eigenvalue weighted by atomic mass is 10.1. The van der Waals surface area contributed by atoms with E-state index < -0.39 is 24.0 Å². The summed E-state index contributed by atoms with van der Waals surface area (Å²) in [7, 11) is 0. The van der Waals surface area contributed by atoms with Crippen molar-refractivity contribution in [3.05, 3.63) is 23.4 Å². The van der Waals surface area contributed by atoms with Gasteiger partial charge in [0.15, 0.2) is 6.17 Å². The fraction of sp³-hybridized carbons (Fsp3) is 0.545. The molecule has 1 saturated heterocycles. The summed E-state index contributed by atoms with van der Waals surface area (Å²) in [4.78, 5) is 5.55. The van der Waals surface area contributed by atoms with Crippen LogP contribution in [0.5, 0.6) is 0 Å². The maximum Gasteiger partial charge on any atom is 0.417 e. The van der Waals surface area contributed by atoms with Crippen molar-refractivity contribution in [2.75, 3.05) is 24.5 Å². The van der Waals surface area contributed by atoms with Crippen molar-refractivity contribution in [3.8, 4) is 0 Å². The van der Waals surface area contributed by atoms with E-state index in [1.165, 1.54) is 0 Å². The molecule has 2 atom stereocenters. The lowest BCUT2D eigenvalue weighted by Gasteiger charge is -2.32. The number of nitrogens with zero attached hydrogens (tertiary/aromatic N) is 2. The summed E-state index contributed by atoms with van der Waals surface area (Å²) in [5, 5.41) is 3.03. The summed E-state index contributed by atoms with van der Waals surface area (Å²) in [6, 6.07) is 0.440. The number of fused-ring (bicyclic) bond motifs is 3. The molecule has 18 heavy (non-hydrogen) atoms. The highest BCUT2D eigenvalue weighted by Crippen LogP contribution is 2.43. The van der Waals surface area contributed by atoms with Crippen molar-refractivity contribution < 1.29 is 17.6 Å². The summed E-state index contributed by atoms with van der Waals surface area (Å²) in [5.41, 5.74) is -0.838. The fourth-order valence-electron chi connectivity index (χ4n) is 2.53. The van der Waals surface area contributed by atoms with Crippen LogP contribution in [-0.4, -0.2) is 30.7 Å². The van der Waals surface area contributed by atoms with Gasteiger partial charge in [0.25, 0.3) is 0 Å². The number of anilines is 1. The Morgan fingerprint density at radius 3 is 2.89 bits per heavy atom. The second-order valence-electron chi connectivity index (χ2n) is 4.50. The molecule has 2 aliphatic rings. The molecule has 3 nitrogen and oxygen atoms in total. The smallest absolute Gasteiger partial charge is 0.347 e. The number of aromatic nitrogens is 1. The van der Waals surface area contributed by atoms with E-state index in [-0.39, 0.29) is 5.56 Å². The van der Waals surface area contributed by atoms with Gasteiger partial charge in [0.05, 0.1) is 11.6 Å². The number of piperazine rings is 1. The van der Waals surface area contributed by atoms with Gasteiger partial charge < -0.3 is 10.2 Å². The SMILES string of the molecule is F[C@H]1c2cc(C(F)(F)F)cnc2N2CCNC[C@@H]12. The van der Waals surface area contributed by atoms with Crippen molar-refractivity contribution in [2.45, 2.75) is 18.4 Å². The maximum absolute atomic E-state index is 14.1. The molecule has 7 heteroatoms. The van der Waals surface area contributed by atoms with E-state index >= 15 is 0 Å². The van der Waals surface area contributed by atoms with Gasteiger partial charge in [-0.3, -0.25) is 0 Å². The van der Waals surface area contributed by atoms with Crippen LogP contribution >= 0.6 is 0 Å². The minimum absolute atomic E-state index is 0.0542. The van der Waals surface area contributed by atoms with Crippen LogP contribution in [0.25, 0.3) is 0 Å². The standard InChI is InChI=1S/C11H11F4N3/c12-9-7-3-6(11(13,14)15)4-17-10(7)18-2-1-16-5-8(9)18/h3-4,8-9,16H,1-2,5H2/t8-,9-/m0/s1. The lowest BCUT2D eigenvalue weighted by molar-refractivity contribution is -0.137. The Kier molecular flexibility index (Phi) is 2.48. The third kappa shape index (κ3) is 1.65. The average molecular weight is 261 g/mol. The van der Waals surface area contributed by atoms with Crippen LogP contribution in [0.15, 0.2) is 12.3 Å². The molecule has 0 spiro atoms. The van der Waals surface area contributed by atoms with Crippen LogP contribution in [0.2, 0.25) is 0 Å². The average Bonchev–Trinajstić information content (AvgIpc) is 2.63. The molecule has 3 heterocycles. The number of nitrogens with one attached hydrogen (secondary N) is 1. The van der Waals surface area contributed by atoms with E-state index in [9.17, 15) is 17.6 Å². The Morgan fingerprint density at radius 1 is 1.39 bits per heavy atom. The Balaban J connectivity index is 2.03. The number of rotatable bonds is 0. The Hall–Kier alpha value is -1.37. The monoisotopic (exact) mass is 261 g/mol. The van der Waals surface area contributed by atoms with Crippen LogP contribution in [-0.2, 0) is 6.18 Å². The highest BCUT2D eigenvalue weighted by atomic mass is 19.4. The van der Waals surface area contributed by atoms with Gasteiger partial charge in [0.1, 0.15) is 5.82 Å². The van der Waals surface area contributed by atoms with Gasteiger partial charge in [0, 0.05) is 31.4 Å². The van der Waals surface area contributed by atoms with Crippen LogP contribution in [0, 0.1) is 0 Å². The first-order chi connectivity index (χ1) is 8.48. The number of hydrogen-bond donors (Lipinski definition) is 1. The Labute approximate surface area is 101 Å². The van der Waals surface area contributed by atoms with E-state index in [4.69, 9.17) is 0 Å². The highest BCUT2D eigenvalue weighted by molar-refractivity contribution is 5.57. The second kappa shape index (κ2) is 3.81. The molecule has 0 aromatic carbocycles. The molecular formula is C11H11F4N3. The number of alkyl halides is 4. The predicted molar refractivity (Wildman–Crippen MR) is 57.1 cm³/mol. The van der Waals surface area contributed by atoms with Gasteiger partial charge in [-0.25, -0.2) is 9.37 Å². The Bertz CT molecular complexity index is 474. The fourth-order valence-corrected chi connectivity index (χ4v) is 2.53. The quantitative estimate of drug-likeness (QED) is 0.723. The Morgan fingerprint density at radius 2 is 2.17 bits per heavy atom. The highest BCUT2D eigenvalue weighted by Gasteiger charge is 2.43. The number of halogens is 4. The molecule has 0 amide bonds. The molecule has 1 aromatic heterocycles. The largest absolute Gasteiger partial charge is 0.417 e. The molecule has 1 N–H and O–H groups in total. The van der Waals surface area contributed by atoms with Gasteiger partial charge in [0.2, 0.25) is 0 Å². The summed E-state index contributed by atoms with van der Waals surface area (Å²) >= 11 is 0. The van der Waals surface area contributed by atoms with Gasteiger partial charge >= 0.3 is 6.18 Å². The van der Waals surface area contributed by atoms with Crippen LogP contribution in [0.3, 0.4) is 0 Å². The third-order valence-corrected chi connectivity index (χ3v) is 3.41. The van der Waals surface area contributed by atoms with Crippen molar-refractivity contribution in [1.29, 1.82) is 0 Å². The van der Waals surface area contributed by atoms with Crippen molar-refractivity contribution >= 4 is 5.82 Å². The van der Waals surface area contributed by atoms with Crippen molar-refractivity contribution in [1.82, 2.24) is 10.3 Å². The molecule has 98 valence electrons. The minimum atomic E-state index is -4.48. The van der Waals surface area contributed by atoms with Gasteiger partial charge in [-0.2, -0.15) is 13.2 Å². The topological polar surface area (TPSA) is 28.2 Å². The van der Waals surface area contributed by atoms with E-state index in [1.807, 2.05) is 0 Å². The molecule has 0 unspecified atom stereocenters. The summed E-state index contributed by atoms with van der Waals surface area (Å²) < 4.78 is 51.8. The van der Waals surface area contributed by atoms with Gasteiger partial charge in [-0.15, -0.1) is 0 Å². The van der Waals surface area contributed by atoms with Crippen LogP contribution in [0.1, 0.15) is 17.3 Å². The first-order valence-corrected chi connectivity index (χ1v) is 5.67. The molecule has 0 saturated carbocycles. The molecular weight excluding hydrogens is 250 g/mol. The lowest BCUT2D eigenvalue weighted by Crippen LogP contribution is -2.50. The molecule has 1 aromatic rings. The zero-order chi connectivity index (χ0) is 12.9. The number of hydrogen-bond acceptors (Lipinski definition) is 3. The maximum atomic E-state index is 14.1. The van der Waals surface area contributed by atoms with Gasteiger partial charge in [-0.05, 0) is 6.07 Å². The van der Waals surface area contributed by atoms with Crippen molar-refractivity contribution in [3.63, 3.8) is 0 Å². The van der Waals surface area contributed by atoms with E-state index in [0.717, 1.165) is 12.3 Å². The summed E-state index contributed by atoms with van der Waals surface area (Å²) in [5.74, 6) is 0.349. The summed E-state index contributed by atoms with van der Waals surface area (Å²) in [6.07, 6.45) is -5.12. The second-order valence-corrected chi connectivity index (χ2v) is 4.50. The van der Waals surface area contributed by atoms with E-state index in [0.29, 0.717) is 25.5 Å². The molecule has 3 rings (SSSR count). The third-order valence-electron chi connectivity index (χ3n) is 3.41. The predicted octanol–water partition coefficient (Wildman–Crippen LogP) is 1.90. The first kappa shape index (κ1) is 11.7. The molecule has 0 radical (unpaired) electrons. The molecule has 0 bridgehead atoms. The normalized spacial score (nSPS) is 27.0. The first-order valence-electron chi connectivity index (χ1n) is 5.67. The van der Waals surface area contributed by atoms with E-state index in [1.54, 1.807) is 4.90 Å². The zero-order valence-electron chi connectivity index (χ0n) is 9.34. The van der Waals surface area contributed by atoms with Gasteiger partial charge in [-0.1, -0.05) is 0 Å². The van der Waals surface area contributed by atoms with Crippen LogP contribution < -0.4 is 10.2 Å². The van der Waals surface area contributed by atoms with Crippen LogP contribution in [0.4, 0.5) is 23.4 Å². The molecule has 0 aliphatic carbocycles. The number of pyridine rings is 1. The summed E-state index contributed by atoms with van der Waals surface area (Å²) in [6.45, 7) is 1.68. The molecule has 1 fully saturated rings. The zero-order valence-corrected chi connectivity index (χ0v) is 9.34.